The van der Waals surface area contributed by atoms with Crippen molar-refractivity contribution < 1.29 is 34.1 Å². The second-order valence-corrected chi connectivity index (χ2v) is 14.9. The third-order valence-corrected chi connectivity index (χ3v) is 9.28. The normalized spacial score (nSPS) is 17.0. The fraction of sp³-hybridized carbons (Fsp3) is 0.600. The molecule has 0 bridgehead atoms. The Kier molecular flexibility index (Phi) is 18.2. The summed E-state index contributed by atoms with van der Waals surface area (Å²) in [6, 6.07) is 15.4. The van der Waals surface area contributed by atoms with Crippen molar-refractivity contribution in [3.8, 4) is 0 Å². The first kappa shape index (κ1) is 42.6. The van der Waals surface area contributed by atoms with Gasteiger partial charge < -0.3 is 36.2 Å². The van der Waals surface area contributed by atoms with E-state index in [9.17, 15) is 29.4 Å². The molecular formula is C40H61N5O7. The van der Waals surface area contributed by atoms with Crippen LogP contribution in [-0.4, -0.2) is 108 Å². The third-order valence-electron chi connectivity index (χ3n) is 9.28. The average Bonchev–Trinajstić information content (AvgIpc) is 3.12. The summed E-state index contributed by atoms with van der Waals surface area (Å²) in [6.45, 7) is 11.8. The maximum Gasteiger partial charge on any atom is 0.243 e. The van der Waals surface area contributed by atoms with Crippen molar-refractivity contribution in [3.63, 3.8) is 0 Å². The second kappa shape index (κ2) is 22.3. The first-order valence-electron chi connectivity index (χ1n) is 18.7. The maximum atomic E-state index is 14.1. The summed E-state index contributed by atoms with van der Waals surface area (Å²) in [5.41, 5.74) is 1.84. The van der Waals surface area contributed by atoms with Gasteiger partial charge in [-0.2, -0.15) is 0 Å². The maximum absolute atomic E-state index is 14.1. The molecule has 0 aromatic heterocycles. The van der Waals surface area contributed by atoms with Gasteiger partial charge in [-0.1, -0.05) is 95.3 Å². The van der Waals surface area contributed by atoms with Crippen molar-refractivity contribution in [1.82, 2.24) is 26.2 Å². The van der Waals surface area contributed by atoms with Crippen LogP contribution in [0.1, 0.15) is 65.0 Å². The molecule has 2 aromatic rings. The van der Waals surface area contributed by atoms with Crippen LogP contribution in [0.3, 0.4) is 0 Å². The molecule has 6 N–H and O–H groups in total. The number of rotatable bonds is 21. The number of hydrogen-bond donors (Lipinski definition) is 6. The molecule has 288 valence electrons. The lowest BCUT2D eigenvalue weighted by atomic mass is 9.91. The number of hydrogen-bond acceptors (Lipinski definition) is 8. The molecule has 6 unspecified atom stereocenters. The molecule has 1 heterocycles. The van der Waals surface area contributed by atoms with Gasteiger partial charge in [0.15, 0.2) is 0 Å². The molecule has 2 aromatic carbocycles. The number of ether oxygens (including phenoxy) is 1. The van der Waals surface area contributed by atoms with Crippen LogP contribution in [0, 0.1) is 17.8 Å². The van der Waals surface area contributed by atoms with E-state index in [-0.39, 0.29) is 37.3 Å². The Bertz CT molecular complexity index is 1370. The second-order valence-electron chi connectivity index (χ2n) is 14.9. The minimum absolute atomic E-state index is 0.0154. The molecule has 0 spiro atoms. The zero-order valence-electron chi connectivity index (χ0n) is 31.6. The fourth-order valence-electron chi connectivity index (χ4n) is 6.31. The van der Waals surface area contributed by atoms with Crippen LogP contribution in [0.4, 0.5) is 0 Å². The van der Waals surface area contributed by atoms with E-state index in [1.54, 1.807) is 6.92 Å². The summed E-state index contributed by atoms with van der Waals surface area (Å²) in [5.74, 6) is -2.07. The molecule has 1 saturated heterocycles. The summed E-state index contributed by atoms with van der Waals surface area (Å²) in [6.07, 6.45) is 0.812. The molecule has 0 radical (unpaired) electrons. The number of aliphatic hydroxyl groups is 2. The van der Waals surface area contributed by atoms with Gasteiger partial charge in [-0.05, 0) is 48.6 Å². The zero-order valence-corrected chi connectivity index (χ0v) is 31.6. The van der Waals surface area contributed by atoms with Crippen molar-refractivity contribution in [1.29, 1.82) is 0 Å². The summed E-state index contributed by atoms with van der Waals surface area (Å²) >= 11 is 0. The largest absolute Gasteiger partial charge is 0.396 e. The van der Waals surface area contributed by atoms with Crippen LogP contribution >= 0.6 is 0 Å². The van der Waals surface area contributed by atoms with Gasteiger partial charge in [0.25, 0.3) is 0 Å². The monoisotopic (exact) mass is 723 g/mol. The van der Waals surface area contributed by atoms with Crippen molar-refractivity contribution in [3.05, 3.63) is 71.8 Å². The summed E-state index contributed by atoms with van der Waals surface area (Å²) in [7, 11) is 0. The van der Waals surface area contributed by atoms with Gasteiger partial charge in [-0.25, -0.2) is 0 Å². The molecule has 1 fully saturated rings. The Morgan fingerprint density at radius 1 is 0.712 bits per heavy atom. The van der Waals surface area contributed by atoms with Crippen molar-refractivity contribution in [2.75, 3.05) is 39.5 Å². The van der Waals surface area contributed by atoms with Gasteiger partial charge in [0.1, 0.15) is 18.1 Å². The third kappa shape index (κ3) is 15.0. The van der Waals surface area contributed by atoms with E-state index in [0.717, 1.165) is 11.1 Å². The topological polar surface area (TPSA) is 169 Å². The quantitative estimate of drug-likeness (QED) is 0.114. The lowest BCUT2D eigenvalue weighted by Gasteiger charge is -2.31. The van der Waals surface area contributed by atoms with E-state index in [1.165, 1.54) is 0 Å². The Morgan fingerprint density at radius 3 is 1.83 bits per heavy atom. The summed E-state index contributed by atoms with van der Waals surface area (Å²) < 4.78 is 5.40. The standard InChI is InChI=1S/C40H61N5O7/c1-27(2)22-33(37(48)29(5)26-46)42-40(51)35(24-31-14-10-7-11-15-31)44-39(50)34(23-28(3)4)43-38(49)32(17-16-30-12-8-6-9-13-30)41-36(47)25-45-18-20-52-21-19-45/h6-15,27-29,32-35,37,46,48H,16-26H2,1-5H3,(H,41,47)(H,42,51)(H,43,49)(H,44,50). The smallest absolute Gasteiger partial charge is 0.243 e. The molecule has 1 aliphatic heterocycles. The number of carbonyl (C=O) groups excluding carboxylic acids is 4. The Hall–Kier alpha value is -3.84. The van der Waals surface area contributed by atoms with Gasteiger partial charge in [0.05, 0.1) is 31.9 Å². The van der Waals surface area contributed by atoms with Gasteiger partial charge in [0.2, 0.25) is 23.6 Å². The van der Waals surface area contributed by atoms with E-state index >= 15 is 0 Å². The Balaban J connectivity index is 1.82. The molecule has 0 aliphatic carbocycles. The lowest BCUT2D eigenvalue weighted by molar-refractivity contribution is -0.134. The van der Waals surface area contributed by atoms with Crippen LogP contribution in [0.15, 0.2) is 60.7 Å². The number of aliphatic hydroxyl groups excluding tert-OH is 2. The summed E-state index contributed by atoms with van der Waals surface area (Å²) in [4.78, 5) is 57.1. The number of morpholine rings is 1. The number of amides is 4. The Morgan fingerprint density at radius 2 is 1.25 bits per heavy atom. The Labute approximate surface area is 309 Å². The lowest BCUT2D eigenvalue weighted by Crippen LogP contribution is -2.59. The van der Waals surface area contributed by atoms with Crippen LogP contribution in [0.25, 0.3) is 0 Å². The zero-order chi connectivity index (χ0) is 38.0. The minimum Gasteiger partial charge on any atom is -0.396 e. The molecule has 3 rings (SSSR count). The molecule has 12 nitrogen and oxygen atoms in total. The van der Waals surface area contributed by atoms with Crippen molar-refractivity contribution in [2.45, 2.75) is 97.0 Å². The predicted octanol–water partition coefficient (Wildman–Crippen LogP) is 2.21. The highest BCUT2D eigenvalue weighted by molar-refractivity contribution is 5.94. The minimum atomic E-state index is -1.02. The molecule has 4 amide bonds. The predicted molar refractivity (Wildman–Crippen MR) is 201 cm³/mol. The first-order chi connectivity index (χ1) is 24.9. The van der Waals surface area contributed by atoms with Gasteiger partial charge in [0, 0.05) is 32.0 Å². The van der Waals surface area contributed by atoms with Crippen molar-refractivity contribution >= 4 is 23.6 Å². The average molecular weight is 724 g/mol. The van der Waals surface area contributed by atoms with Gasteiger partial charge in [-0.15, -0.1) is 0 Å². The van der Waals surface area contributed by atoms with Gasteiger partial charge in [-0.3, -0.25) is 24.1 Å². The number of nitrogens with zero attached hydrogens (tertiary/aromatic N) is 1. The van der Waals surface area contributed by atoms with E-state index < -0.39 is 53.9 Å². The van der Waals surface area contributed by atoms with E-state index in [4.69, 9.17) is 4.74 Å². The fourth-order valence-corrected chi connectivity index (χ4v) is 6.31. The molecule has 12 heteroatoms. The van der Waals surface area contributed by atoms with Crippen LogP contribution in [-0.2, 0) is 36.8 Å². The first-order valence-corrected chi connectivity index (χ1v) is 18.7. The molecule has 6 atom stereocenters. The van der Waals surface area contributed by atoms with Crippen LogP contribution in [0.5, 0.6) is 0 Å². The molecular weight excluding hydrogens is 662 g/mol. The van der Waals surface area contributed by atoms with Crippen LogP contribution < -0.4 is 21.3 Å². The van der Waals surface area contributed by atoms with E-state index in [0.29, 0.717) is 52.0 Å². The van der Waals surface area contributed by atoms with Crippen molar-refractivity contribution in [2.24, 2.45) is 17.8 Å². The highest BCUT2D eigenvalue weighted by Gasteiger charge is 2.33. The molecule has 0 saturated carbocycles. The SMILES string of the molecule is CC(C)CC(NC(=O)C(CCc1ccccc1)NC(=O)CN1CCOCC1)C(=O)NC(Cc1ccccc1)C(=O)NC(CC(C)C)C(O)C(C)CO. The number of nitrogens with one attached hydrogen (secondary N) is 4. The number of benzene rings is 2. The highest BCUT2D eigenvalue weighted by atomic mass is 16.5. The molecule has 52 heavy (non-hydrogen) atoms. The van der Waals surface area contributed by atoms with Gasteiger partial charge >= 0.3 is 0 Å². The number of carbonyl (C=O) groups is 4. The van der Waals surface area contributed by atoms with E-state index in [1.807, 2.05) is 93.3 Å². The molecule has 1 aliphatic rings. The number of aryl methyl sites for hydroxylation is 1. The van der Waals surface area contributed by atoms with Crippen LogP contribution in [0.2, 0.25) is 0 Å². The van der Waals surface area contributed by atoms with E-state index in [2.05, 4.69) is 21.3 Å². The summed E-state index contributed by atoms with van der Waals surface area (Å²) in [5, 5.41) is 32.4. The highest BCUT2D eigenvalue weighted by Crippen LogP contribution is 2.16.